The van der Waals surface area contributed by atoms with E-state index in [9.17, 15) is 9.59 Å². The van der Waals surface area contributed by atoms with Gasteiger partial charge in [0, 0.05) is 11.7 Å². The molecule has 8 nitrogen and oxygen atoms in total. The highest BCUT2D eigenvalue weighted by molar-refractivity contribution is 5.90. The Morgan fingerprint density at radius 2 is 1.68 bits per heavy atom. The second-order valence-corrected chi connectivity index (χ2v) is 6.66. The molecule has 1 aromatic heterocycles. The fraction of sp³-hybridized carbons (Fsp3) is 0.400. The van der Waals surface area contributed by atoms with Crippen molar-refractivity contribution in [2.45, 2.75) is 45.1 Å². The molecule has 0 saturated heterocycles. The van der Waals surface area contributed by atoms with Gasteiger partial charge in [0.2, 0.25) is 0 Å². The van der Waals surface area contributed by atoms with E-state index in [2.05, 4.69) is 26.1 Å². The minimum atomic E-state index is -0.351. The first kappa shape index (κ1) is 19.6. The fourth-order valence-electron chi connectivity index (χ4n) is 3.10. The van der Waals surface area contributed by atoms with Crippen LogP contribution in [0.25, 0.3) is 0 Å². The van der Waals surface area contributed by atoms with Crippen LogP contribution in [0.1, 0.15) is 49.4 Å². The molecule has 1 heterocycles. The van der Waals surface area contributed by atoms with Crippen LogP contribution in [-0.4, -0.2) is 34.8 Å². The number of hydrogen-bond acceptors (Lipinski definition) is 6. The summed E-state index contributed by atoms with van der Waals surface area (Å²) in [6.45, 7) is 2.11. The van der Waals surface area contributed by atoms with Gasteiger partial charge in [0.15, 0.2) is 11.6 Å². The highest BCUT2D eigenvalue weighted by atomic mass is 16.5. The van der Waals surface area contributed by atoms with Gasteiger partial charge in [-0.1, -0.05) is 19.3 Å². The van der Waals surface area contributed by atoms with Crippen molar-refractivity contribution in [2.24, 2.45) is 0 Å². The summed E-state index contributed by atoms with van der Waals surface area (Å²) < 4.78 is 4.96. The molecule has 1 aliphatic carbocycles. The molecule has 28 heavy (non-hydrogen) atoms. The summed E-state index contributed by atoms with van der Waals surface area (Å²) >= 11 is 0. The molecule has 2 aromatic rings. The number of hydrogen-bond donors (Lipinski definition) is 3. The molecule has 3 N–H and O–H groups in total. The fourth-order valence-corrected chi connectivity index (χ4v) is 3.10. The first-order valence-electron chi connectivity index (χ1n) is 9.59. The van der Waals surface area contributed by atoms with Crippen molar-refractivity contribution >= 4 is 29.3 Å². The number of aromatic nitrogens is 2. The lowest BCUT2D eigenvalue weighted by molar-refractivity contribution is 0.0526. The molecular weight excluding hydrogens is 358 g/mol. The van der Waals surface area contributed by atoms with Crippen LogP contribution in [0.15, 0.2) is 36.4 Å². The third kappa shape index (κ3) is 5.67. The van der Waals surface area contributed by atoms with E-state index < -0.39 is 0 Å². The first-order valence-corrected chi connectivity index (χ1v) is 9.59. The highest BCUT2D eigenvalue weighted by Gasteiger charge is 2.15. The molecule has 0 atom stereocenters. The molecule has 8 heteroatoms. The van der Waals surface area contributed by atoms with Crippen LogP contribution in [0.3, 0.4) is 0 Å². The summed E-state index contributed by atoms with van der Waals surface area (Å²) in [5.41, 5.74) is 1.25. The summed E-state index contributed by atoms with van der Waals surface area (Å²) in [6, 6.07) is 10.3. The number of anilines is 3. The van der Waals surface area contributed by atoms with Crippen molar-refractivity contribution in [1.29, 1.82) is 0 Å². The molecule has 1 fully saturated rings. The van der Waals surface area contributed by atoms with Gasteiger partial charge in [0.25, 0.3) is 0 Å². The van der Waals surface area contributed by atoms with Crippen LogP contribution in [-0.2, 0) is 4.74 Å². The number of esters is 1. The Morgan fingerprint density at radius 3 is 2.32 bits per heavy atom. The molecule has 1 saturated carbocycles. The number of amides is 2. The lowest BCUT2D eigenvalue weighted by Crippen LogP contribution is -2.39. The maximum absolute atomic E-state index is 12.0. The van der Waals surface area contributed by atoms with Crippen LogP contribution in [0, 0.1) is 0 Å². The molecular formula is C20H25N5O3. The highest BCUT2D eigenvalue weighted by Crippen LogP contribution is 2.18. The summed E-state index contributed by atoms with van der Waals surface area (Å²) in [5.74, 6) is 0.564. The van der Waals surface area contributed by atoms with E-state index in [0.29, 0.717) is 23.8 Å². The molecule has 0 spiro atoms. The van der Waals surface area contributed by atoms with Crippen LogP contribution >= 0.6 is 0 Å². The second-order valence-electron chi connectivity index (χ2n) is 6.66. The van der Waals surface area contributed by atoms with Crippen LogP contribution < -0.4 is 16.0 Å². The van der Waals surface area contributed by atoms with Gasteiger partial charge < -0.3 is 15.4 Å². The maximum atomic E-state index is 12.0. The lowest BCUT2D eigenvalue weighted by Gasteiger charge is -2.22. The number of benzene rings is 1. The summed E-state index contributed by atoms with van der Waals surface area (Å²) in [6.07, 6.45) is 5.61. The van der Waals surface area contributed by atoms with E-state index in [1.165, 1.54) is 6.42 Å². The van der Waals surface area contributed by atoms with Crippen molar-refractivity contribution < 1.29 is 14.3 Å². The van der Waals surface area contributed by atoms with E-state index in [4.69, 9.17) is 4.74 Å². The van der Waals surface area contributed by atoms with Crippen molar-refractivity contribution in [3.8, 4) is 0 Å². The Morgan fingerprint density at radius 1 is 1.00 bits per heavy atom. The Hall–Kier alpha value is -3.16. The zero-order valence-corrected chi connectivity index (χ0v) is 15.9. The van der Waals surface area contributed by atoms with Gasteiger partial charge in [-0.2, -0.15) is 0 Å². The molecule has 0 radical (unpaired) electrons. The third-order valence-electron chi connectivity index (χ3n) is 4.51. The average Bonchev–Trinajstić information content (AvgIpc) is 2.71. The SMILES string of the molecule is CCOC(=O)c1ccc(Nc2ccc(NC(=O)NC3CCCCC3)nn2)cc1. The Bertz CT molecular complexity index is 786. The maximum Gasteiger partial charge on any atom is 0.338 e. The largest absolute Gasteiger partial charge is 0.462 e. The molecule has 0 unspecified atom stereocenters. The third-order valence-corrected chi connectivity index (χ3v) is 4.51. The van der Waals surface area contributed by atoms with Crippen LogP contribution in [0.5, 0.6) is 0 Å². The van der Waals surface area contributed by atoms with Crippen molar-refractivity contribution in [3.05, 3.63) is 42.0 Å². The predicted octanol–water partition coefficient (Wildman–Crippen LogP) is 3.85. The molecule has 1 aromatic carbocycles. The number of nitrogens with zero attached hydrogens (tertiary/aromatic N) is 2. The summed E-state index contributed by atoms with van der Waals surface area (Å²) in [5, 5.41) is 16.9. The minimum absolute atomic E-state index is 0.236. The number of urea groups is 1. The van der Waals surface area contributed by atoms with E-state index in [0.717, 1.165) is 31.4 Å². The van der Waals surface area contributed by atoms with Gasteiger partial charge in [-0.3, -0.25) is 5.32 Å². The van der Waals surface area contributed by atoms with Gasteiger partial charge in [-0.15, -0.1) is 10.2 Å². The van der Waals surface area contributed by atoms with E-state index >= 15 is 0 Å². The van der Waals surface area contributed by atoms with E-state index in [1.807, 2.05) is 0 Å². The molecule has 148 valence electrons. The molecule has 3 rings (SSSR count). The molecule has 2 amide bonds. The first-order chi connectivity index (χ1) is 13.6. The van der Waals surface area contributed by atoms with Gasteiger partial charge >= 0.3 is 12.0 Å². The molecule has 1 aliphatic rings. The lowest BCUT2D eigenvalue weighted by atomic mass is 9.96. The minimum Gasteiger partial charge on any atom is -0.462 e. The van der Waals surface area contributed by atoms with Crippen molar-refractivity contribution in [1.82, 2.24) is 15.5 Å². The quantitative estimate of drug-likeness (QED) is 0.654. The second kappa shape index (κ2) is 9.68. The predicted molar refractivity (Wildman–Crippen MR) is 107 cm³/mol. The van der Waals surface area contributed by atoms with Gasteiger partial charge in [0.1, 0.15) is 0 Å². The smallest absolute Gasteiger partial charge is 0.338 e. The van der Waals surface area contributed by atoms with Gasteiger partial charge in [-0.25, -0.2) is 9.59 Å². The Balaban J connectivity index is 1.51. The molecule has 0 bridgehead atoms. The normalized spacial score (nSPS) is 14.2. The van der Waals surface area contributed by atoms with Gasteiger partial charge in [-0.05, 0) is 56.2 Å². The van der Waals surface area contributed by atoms with Crippen LogP contribution in [0.2, 0.25) is 0 Å². The van der Waals surface area contributed by atoms with E-state index in [1.54, 1.807) is 43.3 Å². The monoisotopic (exact) mass is 383 g/mol. The number of rotatable bonds is 6. The zero-order valence-electron chi connectivity index (χ0n) is 15.9. The standard InChI is InChI=1S/C20H25N5O3/c1-2-28-19(26)14-8-10-16(11-9-14)21-17-12-13-18(25-24-17)23-20(27)22-15-6-4-3-5-7-15/h8-13,15H,2-7H2,1H3,(H,21,24)(H2,22,23,25,27). The number of carbonyl (C=O) groups excluding carboxylic acids is 2. The average molecular weight is 383 g/mol. The number of carbonyl (C=O) groups is 2. The Labute approximate surface area is 164 Å². The molecule has 0 aliphatic heterocycles. The zero-order chi connectivity index (χ0) is 19.8. The number of ether oxygens (including phenoxy) is 1. The van der Waals surface area contributed by atoms with E-state index in [-0.39, 0.29) is 18.0 Å². The number of nitrogens with one attached hydrogen (secondary N) is 3. The Kier molecular flexibility index (Phi) is 6.78. The van der Waals surface area contributed by atoms with Crippen LogP contribution in [0.4, 0.5) is 22.1 Å². The van der Waals surface area contributed by atoms with Crippen molar-refractivity contribution in [3.63, 3.8) is 0 Å². The summed E-state index contributed by atoms with van der Waals surface area (Å²) in [4.78, 5) is 23.7. The van der Waals surface area contributed by atoms with Gasteiger partial charge in [0.05, 0.1) is 12.2 Å². The topological polar surface area (TPSA) is 105 Å². The summed E-state index contributed by atoms with van der Waals surface area (Å²) in [7, 11) is 0. The van der Waals surface area contributed by atoms with Crippen molar-refractivity contribution in [2.75, 3.05) is 17.2 Å².